The Balaban J connectivity index is 2.21. The number of aryl methyl sites for hydroxylation is 1. The molecule has 0 aliphatic carbocycles. The fourth-order valence-electron chi connectivity index (χ4n) is 2.16. The molecule has 0 saturated carbocycles. The number of hydrogen-bond acceptors (Lipinski definition) is 5. The molecule has 0 saturated heterocycles. The third-order valence-electron chi connectivity index (χ3n) is 3.31. The van der Waals surface area contributed by atoms with Crippen LogP contribution in [0.4, 0.5) is 5.69 Å². The molecule has 0 aliphatic rings. The molecule has 0 unspecified atom stereocenters. The van der Waals surface area contributed by atoms with Gasteiger partial charge in [-0.05, 0) is 31.5 Å². The van der Waals surface area contributed by atoms with E-state index in [2.05, 4.69) is 10.3 Å². The second-order valence-electron chi connectivity index (χ2n) is 4.76. The molecule has 4 N–H and O–H groups in total. The molecule has 2 rings (SSSR count). The number of carbonyl (C=O) groups excluding carboxylic acids is 1. The summed E-state index contributed by atoms with van der Waals surface area (Å²) in [5.74, 6) is 5.57. The highest BCUT2D eigenvalue weighted by Crippen LogP contribution is 2.26. The van der Waals surface area contributed by atoms with Crippen LogP contribution in [0.2, 0.25) is 0 Å². The zero-order valence-electron chi connectivity index (χ0n) is 12.1. The molecule has 0 spiro atoms. The Morgan fingerprint density at radius 3 is 2.86 bits per heavy atom. The van der Waals surface area contributed by atoms with E-state index in [1.54, 1.807) is 18.2 Å². The number of aromatic hydroxyl groups is 1. The van der Waals surface area contributed by atoms with Crippen LogP contribution in [0.25, 0.3) is 0 Å². The minimum atomic E-state index is -0.387. The van der Waals surface area contributed by atoms with E-state index in [-0.39, 0.29) is 11.7 Å². The lowest BCUT2D eigenvalue weighted by Gasteiger charge is -2.24. The van der Waals surface area contributed by atoms with Crippen LogP contribution in [0, 0.1) is 6.92 Å². The van der Waals surface area contributed by atoms with Crippen LogP contribution in [0.3, 0.4) is 0 Å². The van der Waals surface area contributed by atoms with Gasteiger partial charge in [0.25, 0.3) is 5.91 Å². The average molecular weight is 289 g/mol. The molecule has 1 aromatic carbocycles. The van der Waals surface area contributed by atoms with Gasteiger partial charge in [0, 0.05) is 18.3 Å². The average Bonchev–Trinajstić information content (AvgIpc) is 2.95. The van der Waals surface area contributed by atoms with Gasteiger partial charge in [-0.2, -0.15) is 0 Å². The van der Waals surface area contributed by atoms with Crippen molar-refractivity contribution < 1.29 is 14.3 Å². The number of phenolic OH excluding ortho intramolecular Hbond substituents is 1. The van der Waals surface area contributed by atoms with Crippen molar-refractivity contribution in [2.75, 3.05) is 11.4 Å². The summed E-state index contributed by atoms with van der Waals surface area (Å²) in [6, 6.07) is 6.89. The topological polar surface area (TPSA) is 91.7 Å². The second kappa shape index (κ2) is 6.32. The quantitative estimate of drug-likeness (QED) is 0.444. The molecule has 21 heavy (non-hydrogen) atoms. The van der Waals surface area contributed by atoms with Crippen molar-refractivity contribution in [2.45, 2.75) is 20.4 Å². The summed E-state index contributed by atoms with van der Waals surface area (Å²) in [4.78, 5) is 13.5. The summed E-state index contributed by atoms with van der Waals surface area (Å²) in [7, 11) is 0. The fourth-order valence-corrected chi connectivity index (χ4v) is 2.16. The normalized spacial score (nSPS) is 10.4. The number of furan rings is 1. The molecule has 1 heterocycles. The molecular weight excluding hydrogens is 270 g/mol. The zero-order valence-corrected chi connectivity index (χ0v) is 12.1. The molecule has 0 fully saturated rings. The van der Waals surface area contributed by atoms with Crippen LogP contribution in [-0.2, 0) is 6.54 Å². The number of nitrogens with zero attached hydrogens (tertiary/aromatic N) is 1. The zero-order chi connectivity index (χ0) is 15.4. The van der Waals surface area contributed by atoms with E-state index >= 15 is 0 Å². The third kappa shape index (κ3) is 3.35. The van der Waals surface area contributed by atoms with Crippen molar-refractivity contribution in [3.63, 3.8) is 0 Å². The molecule has 0 atom stereocenters. The van der Waals surface area contributed by atoms with Gasteiger partial charge in [-0.1, -0.05) is 6.07 Å². The van der Waals surface area contributed by atoms with Gasteiger partial charge in [-0.15, -0.1) is 0 Å². The van der Waals surface area contributed by atoms with Crippen molar-refractivity contribution in [3.05, 3.63) is 47.4 Å². The number of benzene rings is 1. The first-order valence-corrected chi connectivity index (χ1v) is 6.68. The number of phenols is 1. The number of rotatable bonds is 5. The van der Waals surface area contributed by atoms with E-state index < -0.39 is 0 Å². The van der Waals surface area contributed by atoms with Crippen molar-refractivity contribution in [1.29, 1.82) is 0 Å². The van der Waals surface area contributed by atoms with Crippen molar-refractivity contribution in [3.8, 4) is 5.75 Å². The fraction of sp³-hybridized carbons (Fsp3) is 0.267. The summed E-state index contributed by atoms with van der Waals surface area (Å²) < 4.78 is 5.39. The van der Waals surface area contributed by atoms with Crippen LogP contribution in [0.1, 0.15) is 28.6 Å². The maximum Gasteiger partial charge on any atom is 0.268 e. The van der Waals surface area contributed by atoms with Crippen LogP contribution in [-0.4, -0.2) is 17.6 Å². The molecule has 0 radical (unpaired) electrons. The Bertz CT molecular complexity index is 637. The molecule has 6 heteroatoms. The molecule has 112 valence electrons. The molecular formula is C15H19N3O3. The Labute approximate surface area is 123 Å². The summed E-state index contributed by atoms with van der Waals surface area (Å²) in [5, 5.41) is 9.64. The van der Waals surface area contributed by atoms with Gasteiger partial charge >= 0.3 is 0 Å². The second-order valence-corrected chi connectivity index (χ2v) is 4.76. The summed E-state index contributed by atoms with van der Waals surface area (Å²) in [6.45, 7) is 5.23. The van der Waals surface area contributed by atoms with Gasteiger partial charge in [-0.25, -0.2) is 5.84 Å². The Morgan fingerprint density at radius 2 is 2.19 bits per heavy atom. The Hall–Kier alpha value is -2.47. The van der Waals surface area contributed by atoms with Crippen molar-refractivity contribution in [2.24, 2.45) is 5.84 Å². The molecule has 1 aromatic heterocycles. The highest BCUT2D eigenvalue weighted by atomic mass is 16.3. The highest BCUT2D eigenvalue weighted by Gasteiger charge is 2.14. The molecule has 0 bridgehead atoms. The number of hydrogen-bond donors (Lipinski definition) is 3. The van der Waals surface area contributed by atoms with E-state index in [0.717, 1.165) is 17.8 Å². The molecule has 6 nitrogen and oxygen atoms in total. The minimum Gasteiger partial charge on any atom is -0.508 e. The van der Waals surface area contributed by atoms with E-state index in [1.165, 1.54) is 6.26 Å². The number of nitrogens with one attached hydrogen (secondary N) is 1. The standard InChI is InChI=1S/C15H19N3O3/c1-3-18(14-7-12(19)5-4-10(14)2)8-13-6-11(9-21-13)15(20)17-16/h4-7,9,19H,3,8,16H2,1-2H3,(H,17,20). The lowest BCUT2D eigenvalue weighted by molar-refractivity contribution is 0.0953. The van der Waals surface area contributed by atoms with Gasteiger partial charge in [0.15, 0.2) is 0 Å². The predicted octanol–water partition coefficient (Wildman–Crippen LogP) is 1.92. The van der Waals surface area contributed by atoms with Gasteiger partial charge in [0.1, 0.15) is 17.8 Å². The largest absolute Gasteiger partial charge is 0.508 e. The maximum absolute atomic E-state index is 11.4. The number of amides is 1. The smallest absolute Gasteiger partial charge is 0.268 e. The van der Waals surface area contributed by atoms with Gasteiger partial charge < -0.3 is 14.4 Å². The maximum atomic E-state index is 11.4. The minimum absolute atomic E-state index is 0.219. The third-order valence-corrected chi connectivity index (χ3v) is 3.31. The lowest BCUT2D eigenvalue weighted by atomic mass is 10.1. The monoisotopic (exact) mass is 289 g/mol. The van der Waals surface area contributed by atoms with Crippen LogP contribution in [0.5, 0.6) is 5.75 Å². The van der Waals surface area contributed by atoms with Crippen LogP contribution < -0.4 is 16.2 Å². The number of hydrazine groups is 1. The summed E-state index contributed by atoms with van der Waals surface area (Å²) in [6.07, 6.45) is 1.38. The lowest BCUT2D eigenvalue weighted by Crippen LogP contribution is -2.29. The van der Waals surface area contributed by atoms with E-state index in [9.17, 15) is 9.90 Å². The first kappa shape index (κ1) is 14.9. The van der Waals surface area contributed by atoms with Gasteiger partial charge in [-0.3, -0.25) is 10.2 Å². The molecule has 2 aromatic rings. The summed E-state index contributed by atoms with van der Waals surface area (Å²) in [5.41, 5.74) is 4.44. The van der Waals surface area contributed by atoms with E-state index in [1.807, 2.05) is 19.9 Å². The van der Waals surface area contributed by atoms with Gasteiger partial charge in [0.05, 0.1) is 12.1 Å². The highest BCUT2D eigenvalue weighted by molar-refractivity contribution is 5.93. The van der Waals surface area contributed by atoms with E-state index in [4.69, 9.17) is 10.3 Å². The Kier molecular flexibility index (Phi) is 4.49. The SMILES string of the molecule is CCN(Cc1cc(C(=O)NN)co1)c1cc(O)ccc1C. The van der Waals surface area contributed by atoms with Crippen LogP contribution >= 0.6 is 0 Å². The van der Waals surface area contributed by atoms with Crippen molar-refractivity contribution in [1.82, 2.24) is 5.43 Å². The number of nitrogens with two attached hydrogens (primary N) is 1. The van der Waals surface area contributed by atoms with Crippen molar-refractivity contribution >= 4 is 11.6 Å². The Morgan fingerprint density at radius 1 is 1.43 bits per heavy atom. The van der Waals surface area contributed by atoms with E-state index in [0.29, 0.717) is 17.9 Å². The molecule has 0 aliphatic heterocycles. The number of carbonyl (C=O) groups is 1. The van der Waals surface area contributed by atoms with Crippen LogP contribution in [0.15, 0.2) is 34.9 Å². The van der Waals surface area contributed by atoms with Gasteiger partial charge in [0.2, 0.25) is 0 Å². The predicted molar refractivity (Wildman–Crippen MR) is 79.9 cm³/mol. The molecule has 1 amide bonds. The first-order valence-electron chi connectivity index (χ1n) is 6.68. The summed E-state index contributed by atoms with van der Waals surface area (Å²) >= 11 is 0. The number of nitrogen functional groups attached to an aromatic ring is 1. The number of anilines is 1. The first-order chi connectivity index (χ1) is 10.0.